The van der Waals surface area contributed by atoms with Crippen LogP contribution >= 0.6 is 34.4 Å². The molecule has 1 atom stereocenters. The van der Waals surface area contributed by atoms with E-state index >= 15 is 0 Å². The third-order valence-corrected chi connectivity index (χ3v) is 5.33. The molecule has 2 aromatic rings. The molecule has 0 aliphatic rings. The Morgan fingerprint density at radius 3 is 3.00 bits per heavy atom. The van der Waals surface area contributed by atoms with Gasteiger partial charge in [-0.1, -0.05) is 17.8 Å². The minimum absolute atomic E-state index is 0.0567. The quantitative estimate of drug-likeness (QED) is 0.861. The second kappa shape index (κ2) is 6.36. The van der Waals surface area contributed by atoms with Crippen molar-refractivity contribution in [2.45, 2.75) is 30.0 Å². The molecule has 0 radical (unpaired) electrons. The summed E-state index contributed by atoms with van der Waals surface area (Å²) in [5.41, 5.74) is 1.01. The average Bonchev–Trinajstić information content (AvgIpc) is 2.97. The molecule has 0 fully saturated rings. The number of aryl methyl sites for hydroxylation is 1. The molecule has 3 nitrogen and oxygen atoms in total. The maximum absolute atomic E-state index is 11.9. The van der Waals surface area contributed by atoms with Gasteiger partial charge in [0.25, 0.3) is 0 Å². The Kier molecular flexibility index (Phi) is 4.79. The number of amides is 1. The summed E-state index contributed by atoms with van der Waals surface area (Å²) in [6.45, 7) is 4.48. The normalized spacial score (nSPS) is 12.3. The summed E-state index contributed by atoms with van der Waals surface area (Å²) in [5.74, 6) is 0.0567. The maximum Gasteiger partial charge on any atom is 0.233 e. The fraction of sp³-hybridized carbons (Fsp3) is 0.333. The van der Waals surface area contributed by atoms with E-state index in [1.807, 2.05) is 36.7 Å². The van der Waals surface area contributed by atoms with E-state index in [-0.39, 0.29) is 11.2 Å². The van der Waals surface area contributed by atoms with Crippen molar-refractivity contribution in [3.8, 4) is 0 Å². The summed E-state index contributed by atoms with van der Waals surface area (Å²) in [6, 6.07) is 4.01. The highest BCUT2D eigenvalue weighted by atomic mass is 32.2. The summed E-state index contributed by atoms with van der Waals surface area (Å²) in [4.78, 5) is 17.4. The van der Waals surface area contributed by atoms with Gasteiger partial charge in [0, 0.05) is 16.0 Å². The highest BCUT2D eigenvalue weighted by Gasteiger charge is 2.15. The van der Waals surface area contributed by atoms with Crippen LogP contribution in [0.5, 0.6) is 0 Å². The number of carbonyl (C=O) groups is 1. The highest BCUT2D eigenvalue weighted by Crippen LogP contribution is 2.26. The predicted molar refractivity (Wildman–Crippen MR) is 78.3 cm³/mol. The first-order valence-electron chi connectivity index (χ1n) is 5.54. The van der Waals surface area contributed by atoms with Crippen molar-refractivity contribution in [2.75, 3.05) is 0 Å². The van der Waals surface area contributed by atoms with Crippen molar-refractivity contribution in [1.82, 2.24) is 10.3 Å². The smallest absolute Gasteiger partial charge is 0.233 e. The number of aromatic nitrogens is 1. The van der Waals surface area contributed by atoms with E-state index < -0.39 is 0 Å². The van der Waals surface area contributed by atoms with Gasteiger partial charge in [-0.2, -0.15) is 0 Å². The molecule has 0 saturated carbocycles. The van der Waals surface area contributed by atoms with E-state index in [1.54, 1.807) is 22.7 Å². The number of nitrogens with one attached hydrogen (secondary N) is 1. The monoisotopic (exact) mass is 298 g/mol. The van der Waals surface area contributed by atoms with Crippen LogP contribution in [0.25, 0.3) is 0 Å². The van der Waals surface area contributed by atoms with Crippen molar-refractivity contribution in [2.24, 2.45) is 0 Å². The molecule has 6 heteroatoms. The van der Waals surface area contributed by atoms with Gasteiger partial charge in [0.1, 0.15) is 0 Å². The largest absolute Gasteiger partial charge is 0.350 e. The van der Waals surface area contributed by atoms with Gasteiger partial charge in [0.2, 0.25) is 5.91 Å². The molecular weight excluding hydrogens is 284 g/mol. The zero-order valence-electron chi connectivity index (χ0n) is 10.2. The van der Waals surface area contributed by atoms with E-state index in [9.17, 15) is 4.79 Å². The number of thiophene rings is 1. The number of hydrogen-bond donors (Lipinski definition) is 1. The van der Waals surface area contributed by atoms with Crippen LogP contribution in [0.15, 0.2) is 27.2 Å². The number of hydrogen-bond acceptors (Lipinski definition) is 5. The Hall–Kier alpha value is -0.850. The summed E-state index contributed by atoms with van der Waals surface area (Å²) in [6.07, 6.45) is 0. The van der Waals surface area contributed by atoms with Crippen molar-refractivity contribution in [3.05, 3.63) is 33.5 Å². The summed E-state index contributed by atoms with van der Waals surface area (Å²) < 4.78 is 0.950. The third-order valence-electron chi connectivity index (χ3n) is 2.26. The first-order valence-corrected chi connectivity index (χ1v) is 8.18. The Labute approximate surface area is 119 Å². The molecule has 1 N–H and O–H groups in total. The Morgan fingerprint density at radius 2 is 2.39 bits per heavy atom. The SMILES string of the molecule is Cc1csc(S[C@@H](C)C(=O)NCc2cccs2)n1. The lowest BCUT2D eigenvalue weighted by molar-refractivity contribution is -0.120. The number of nitrogens with zero attached hydrogens (tertiary/aromatic N) is 1. The van der Waals surface area contributed by atoms with Crippen LogP contribution in [0.3, 0.4) is 0 Å². The van der Waals surface area contributed by atoms with Crippen LogP contribution in [0.4, 0.5) is 0 Å². The molecule has 1 amide bonds. The van der Waals surface area contributed by atoms with E-state index in [2.05, 4.69) is 10.3 Å². The van der Waals surface area contributed by atoms with E-state index in [0.29, 0.717) is 6.54 Å². The second-order valence-electron chi connectivity index (χ2n) is 3.81. The zero-order valence-corrected chi connectivity index (χ0v) is 12.6. The molecule has 0 bridgehead atoms. The number of rotatable bonds is 5. The fourth-order valence-corrected chi connectivity index (χ4v) is 3.98. The van der Waals surface area contributed by atoms with E-state index in [0.717, 1.165) is 10.0 Å². The zero-order chi connectivity index (χ0) is 13.0. The van der Waals surface area contributed by atoms with Crippen LogP contribution in [-0.4, -0.2) is 16.1 Å². The minimum atomic E-state index is -0.115. The van der Waals surface area contributed by atoms with Crippen LogP contribution in [0, 0.1) is 6.92 Å². The Bertz CT molecular complexity index is 507. The van der Waals surface area contributed by atoms with E-state index in [1.165, 1.54) is 16.6 Å². The average molecular weight is 298 g/mol. The first kappa shape index (κ1) is 13.6. The van der Waals surface area contributed by atoms with Crippen LogP contribution in [0.1, 0.15) is 17.5 Å². The lowest BCUT2D eigenvalue weighted by Crippen LogP contribution is -2.30. The summed E-state index contributed by atoms with van der Waals surface area (Å²) >= 11 is 4.75. The van der Waals surface area contributed by atoms with Crippen molar-refractivity contribution >= 4 is 40.3 Å². The number of carbonyl (C=O) groups excluding carboxylic acids is 1. The van der Waals surface area contributed by atoms with Crippen LogP contribution in [-0.2, 0) is 11.3 Å². The molecule has 0 aliphatic heterocycles. The summed E-state index contributed by atoms with van der Waals surface area (Å²) in [5, 5.41) is 6.83. The molecule has 18 heavy (non-hydrogen) atoms. The standard InChI is InChI=1S/C12H14N2OS3/c1-8-7-17-12(14-8)18-9(2)11(15)13-6-10-4-3-5-16-10/h3-5,7,9H,6H2,1-2H3,(H,13,15)/t9-/m0/s1. The molecule has 2 heterocycles. The van der Waals surface area contributed by atoms with Gasteiger partial charge in [-0.15, -0.1) is 22.7 Å². The summed E-state index contributed by atoms with van der Waals surface area (Å²) in [7, 11) is 0. The Morgan fingerprint density at radius 1 is 1.56 bits per heavy atom. The van der Waals surface area contributed by atoms with Crippen LogP contribution < -0.4 is 5.32 Å². The molecule has 0 spiro atoms. The van der Waals surface area contributed by atoms with Gasteiger partial charge in [-0.3, -0.25) is 4.79 Å². The topological polar surface area (TPSA) is 42.0 Å². The molecule has 0 aromatic carbocycles. The van der Waals surface area contributed by atoms with Gasteiger partial charge in [-0.25, -0.2) is 4.98 Å². The second-order valence-corrected chi connectivity index (χ2v) is 7.29. The van der Waals surface area contributed by atoms with Crippen LogP contribution in [0.2, 0.25) is 0 Å². The predicted octanol–water partition coefficient (Wildman–Crippen LogP) is 3.31. The molecular formula is C12H14N2OS3. The maximum atomic E-state index is 11.9. The van der Waals surface area contributed by atoms with Gasteiger partial charge >= 0.3 is 0 Å². The van der Waals surface area contributed by atoms with Gasteiger partial charge < -0.3 is 5.32 Å². The molecule has 2 rings (SSSR count). The molecule has 0 saturated heterocycles. The Balaban J connectivity index is 1.81. The molecule has 0 aliphatic carbocycles. The highest BCUT2D eigenvalue weighted by molar-refractivity contribution is 8.02. The van der Waals surface area contributed by atoms with E-state index in [4.69, 9.17) is 0 Å². The lowest BCUT2D eigenvalue weighted by Gasteiger charge is -2.09. The first-order chi connectivity index (χ1) is 8.65. The minimum Gasteiger partial charge on any atom is -0.350 e. The lowest BCUT2D eigenvalue weighted by atomic mass is 10.4. The number of thiazole rings is 1. The van der Waals surface area contributed by atoms with Gasteiger partial charge in [-0.05, 0) is 25.3 Å². The van der Waals surface area contributed by atoms with Gasteiger partial charge in [0.05, 0.1) is 11.8 Å². The van der Waals surface area contributed by atoms with Crippen molar-refractivity contribution in [1.29, 1.82) is 0 Å². The van der Waals surface area contributed by atoms with Gasteiger partial charge in [0.15, 0.2) is 4.34 Å². The van der Waals surface area contributed by atoms with Crippen molar-refractivity contribution in [3.63, 3.8) is 0 Å². The van der Waals surface area contributed by atoms with Crippen molar-refractivity contribution < 1.29 is 4.79 Å². The molecule has 96 valence electrons. The third kappa shape index (κ3) is 3.83. The molecule has 2 aromatic heterocycles. The molecule has 0 unspecified atom stereocenters. The fourth-order valence-electron chi connectivity index (χ4n) is 1.32. The number of thioether (sulfide) groups is 1.